The first-order valence-electron chi connectivity index (χ1n) is 6.31. The van der Waals surface area contributed by atoms with Gasteiger partial charge in [-0.3, -0.25) is 0 Å². The lowest BCUT2D eigenvalue weighted by Gasteiger charge is -1.97. The molecule has 2 nitrogen and oxygen atoms in total. The molecule has 1 aromatic carbocycles. The molecular weight excluding hydrogens is 276 g/mol. The molecule has 2 rings (SSSR count). The quantitative estimate of drug-likeness (QED) is 0.818. The van der Waals surface area contributed by atoms with E-state index in [9.17, 15) is 0 Å². The van der Waals surface area contributed by atoms with Gasteiger partial charge in [-0.1, -0.05) is 37.1 Å². The molecule has 0 aliphatic rings. The minimum atomic E-state index is 0.466. The molecule has 19 heavy (non-hydrogen) atoms. The second kappa shape index (κ2) is 6.70. The topological polar surface area (TPSA) is 36.7 Å². The van der Waals surface area contributed by atoms with Gasteiger partial charge in [0.1, 0.15) is 0 Å². The lowest BCUT2D eigenvalue weighted by atomic mass is 10.1. The highest BCUT2D eigenvalue weighted by molar-refractivity contribution is 7.11. The van der Waals surface area contributed by atoms with E-state index in [0.29, 0.717) is 6.42 Å². The van der Waals surface area contributed by atoms with Crippen molar-refractivity contribution in [2.75, 3.05) is 0 Å². The van der Waals surface area contributed by atoms with Crippen LogP contribution in [0.25, 0.3) is 0 Å². The number of halogens is 1. The molecule has 1 aromatic heterocycles. The number of rotatable bonds is 5. The summed E-state index contributed by atoms with van der Waals surface area (Å²) in [5.41, 5.74) is 2.29. The number of benzene rings is 1. The average molecular weight is 291 g/mol. The molecule has 0 atom stereocenters. The predicted octanol–water partition coefficient (Wildman–Crippen LogP) is 4.41. The molecule has 0 amide bonds. The number of aromatic nitrogens is 1. The van der Waals surface area contributed by atoms with E-state index >= 15 is 0 Å². The Balaban J connectivity index is 2.18. The van der Waals surface area contributed by atoms with E-state index in [1.807, 2.05) is 24.3 Å². The molecule has 0 fully saturated rings. The van der Waals surface area contributed by atoms with Gasteiger partial charge in [0.05, 0.1) is 23.2 Å². The van der Waals surface area contributed by atoms with Gasteiger partial charge >= 0.3 is 0 Å². The predicted molar refractivity (Wildman–Crippen MR) is 79.7 cm³/mol. The van der Waals surface area contributed by atoms with Gasteiger partial charge in [0.15, 0.2) is 0 Å². The van der Waals surface area contributed by atoms with Gasteiger partial charge in [0.2, 0.25) is 0 Å². The monoisotopic (exact) mass is 290 g/mol. The molecule has 0 saturated heterocycles. The van der Waals surface area contributed by atoms with E-state index in [2.05, 4.69) is 18.0 Å². The van der Waals surface area contributed by atoms with Gasteiger partial charge in [-0.15, -0.1) is 11.3 Å². The minimum Gasteiger partial charge on any atom is -0.246 e. The second-order valence-electron chi connectivity index (χ2n) is 4.37. The Morgan fingerprint density at radius 2 is 2.05 bits per heavy atom. The van der Waals surface area contributed by atoms with Crippen molar-refractivity contribution in [3.05, 3.63) is 50.4 Å². The van der Waals surface area contributed by atoms with Gasteiger partial charge in [-0.05, 0) is 24.1 Å². The van der Waals surface area contributed by atoms with Gasteiger partial charge in [0, 0.05) is 16.3 Å². The number of nitrogens with zero attached hydrogens (tertiary/aromatic N) is 2. The molecule has 0 N–H and O–H groups in total. The van der Waals surface area contributed by atoms with Crippen LogP contribution < -0.4 is 0 Å². The molecule has 1 heterocycles. The SMILES string of the molecule is CCCc1nc(Cc2ccc(Cl)cc2)sc1CC#N. The maximum Gasteiger partial charge on any atom is 0.0975 e. The average Bonchev–Trinajstić information content (AvgIpc) is 2.75. The first kappa shape index (κ1) is 14.0. The lowest BCUT2D eigenvalue weighted by Crippen LogP contribution is -1.91. The zero-order valence-electron chi connectivity index (χ0n) is 10.8. The van der Waals surface area contributed by atoms with Crippen LogP contribution in [0, 0.1) is 11.3 Å². The summed E-state index contributed by atoms with van der Waals surface area (Å²) in [7, 11) is 0. The fourth-order valence-electron chi connectivity index (χ4n) is 1.93. The third-order valence-electron chi connectivity index (χ3n) is 2.82. The van der Waals surface area contributed by atoms with Crippen LogP contribution in [0.4, 0.5) is 0 Å². The zero-order chi connectivity index (χ0) is 13.7. The van der Waals surface area contributed by atoms with Crippen molar-refractivity contribution in [2.45, 2.75) is 32.6 Å². The highest BCUT2D eigenvalue weighted by atomic mass is 35.5. The van der Waals surface area contributed by atoms with Gasteiger partial charge in [-0.2, -0.15) is 5.26 Å². The van der Waals surface area contributed by atoms with Gasteiger partial charge in [-0.25, -0.2) is 4.98 Å². The van der Waals surface area contributed by atoms with Crippen LogP contribution in [0.15, 0.2) is 24.3 Å². The van der Waals surface area contributed by atoms with E-state index in [0.717, 1.165) is 39.9 Å². The molecule has 4 heteroatoms. The fraction of sp³-hybridized carbons (Fsp3) is 0.333. The molecule has 0 aliphatic heterocycles. The molecule has 0 unspecified atom stereocenters. The van der Waals surface area contributed by atoms with Crippen molar-refractivity contribution in [1.82, 2.24) is 4.98 Å². The molecular formula is C15H15ClN2S. The molecule has 2 aromatic rings. The molecule has 0 bridgehead atoms. The Kier molecular flexibility index (Phi) is 4.95. The molecule has 0 radical (unpaired) electrons. The molecule has 0 saturated carbocycles. The Hall–Kier alpha value is -1.37. The van der Waals surface area contributed by atoms with E-state index in [4.69, 9.17) is 16.9 Å². The van der Waals surface area contributed by atoms with E-state index in [-0.39, 0.29) is 0 Å². The number of hydrogen-bond donors (Lipinski definition) is 0. The van der Waals surface area contributed by atoms with Crippen LogP contribution in [0.2, 0.25) is 5.02 Å². The Morgan fingerprint density at radius 1 is 1.32 bits per heavy atom. The van der Waals surface area contributed by atoms with Crippen molar-refractivity contribution in [3.8, 4) is 6.07 Å². The van der Waals surface area contributed by atoms with Crippen LogP contribution in [0.1, 0.15) is 34.5 Å². The van der Waals surface area contributed by atoms with E-state index in [1.165, 1.54) is 5.56 Å². The van der Waals surface area contributed by atoms with Crippen molar-refractivity contribution in [1.29, 1.82) is 5.26 Å². The van der Waals surface area contributed by atoms with Gasteiger partial charge < -0.3 is 0 Å². The fourth-order valence-corrected chi connectivity index (χ4v) is 3.14. The van der Waals surface area contributed by atoms with Crippen LogP contribution in [0.3, 0.4) is 0 Å². The summed E-state index contributed by atoms with van der Waals surface area (Å²) >= 11 is 7.53. The summed E-state index contributed by atoms with van der Waals surface area (Å²) in [6, 6.07) is 10.1. The highest BCUT2D eigenvalue weighted by Gasteiger charge is 2.10. The third kappa shape index (κ3) is 3.79. The summed E-state index contributed by atoms with van der Waals surface area (Å²) in [6.07, 6.45) is 3.29. The summed E-state index contributed by atoms with van der Waals surface area (Å²) in [6.45, 7) is 2.13. The van der Waals surface area contributed by atoms with Crippen LogP contribution in [-0.4, -0.2) is 4.98 Å². The van der Waals surface area contributed by atoms with Crippen LogP contribution in [0.5, 0.6) is 0 Å². The first-order chi connectivity index (χ1) is 9.22. The maximum absolute atomic E-state index is 8.86. The number of hydrogen-bond acceptors (Lipinski definition) is 3. The summed E-state index contributed by atoms with van der Waals surface area (Å²) in [4.78, 5) is 5.79. The standard InChI is InChI=1S/C15H15ClN2S/c1-2-3-13-14(8-9-17)19-15(18-13)10-11-4-6-12(16)7-5-11/h4-7H,2-3,8,10H2,1H3. The Labute approximate surface area is 122 Å². The van der Waals surface area contributed by atoms with E-state index in [1.54, 1.807) is 11.3 Å². The van der Waals surface area contributed by atoms with Crippen molar-refractivity contribution in [3.63, 3.8) is 0 Å². The lowest BCUT2D eigenvalue weighted by molar-refractivity contribution is 0.872. The number of aryl methyl sites for hydroxylation is 1. The first-order valence-corrected chi connectivity index (χ1v) is 7.51. The van der Waals surface area contributed by atoms with Crippen LogP contribution in [-0.2, 0) is 19.3 Å². The number of thiazole rings is 1. The third-order valence-corrected chi connectivity index (χ3v) is 4.17. The van der Waals surface area contributed by atoms with Gasteiger partial charge in [0.25, 0.3) is 0 Å². The summed E-state index contributed by atoms with van der Waals surface area (Å²) in [5, 5.41) is 10.7. The maximum atomic E-state index is 8.86. The summed E-state index contributed by atoms with van der Waals surface area (Å²) < 4.78 is 0. The molecule has 0 aliphatic carbocycles. The largest absolute Gasteiger partial charge is 0.246 e. The zero-order valence-corrected chi connectivity index (χ0v) is 12.4. The van der Waals surface area contributed by atoms with Crippen molar-refractivity contribution < 1.29 is 0 Å². The smallest absolute Gasteiger partial charge is 0.0975 e. The van der Waals surface area contributed by atoms with Crippen molar-refractivity contribution >= 4 is 22.9 Å². The highest BCUT2D eigenvalue weighted by Crippen LogP contribution is 2.23. The minimum absolute atomic E-state index is 0.466. The van der Waals surface area contributed by atoms with E-state index < -0.39 is 0 Å². The Bertz CT molecular complexity index is 581. The number of nitriles is 1. The second-order valence-corrected chi connectivity index (χ2v) is 5.97. The molecule has 0 spiro atoms. The summed E-state index contributed by atoms with van der Waals surface area (Å²) in [5.74, 6) is 0. The van der Waals surface area contributed by atoms with Crippen molar-refractivity contribution in [2.24, 2.45) is 0 Å². The van der Waals surface area contributed by atoms with Crippen LogP contribution >= 0.6 is 22.9 Å². The Morgan fingerprint density at radius 3 is 2.68 bits per heavy atom. The normalized spacial score (nSPS) is 10.4. The molecule has 98 valence electrons.